The van der Waals surface area contributed by atoms with Crippen LogP contribution in [0.15, 0.2) is 24.5 Å². The molecule has 0 saturated heterocycles. The normalized spacial score (nSPS) is 13.2. The van der Waals surface area contributed by atoms with Gasteiger partial charge < -0.3 is 10.6 Å². The van der Waals surface area contributed by atoms with Gasteiger partial charge in [-0.2, -0.15) is 0 Å². The van der Waals surface area contributed by atoms with E-state index in [-0.39, 0.29) is 11.9 Å². The third-order valence-corrected chi connectivity index (χ3v) is 2.77. The molecule has 1 heterocycles. The number of pyridine rings is 1. The minimum atomic E-state index is -0.469. The first-order valence-corrected chi connectivity index (χ1v) is 5.76. The molecule has 0 aliphatic heterocycles. The smallest absolute Gasteiger partial charge is 0.224 e. The summed E-state index contributed by atoms with van der Waals surface area (Å²) >= 11 is 0. The van der Waals surface area contributed by atoms with Crippen LogP contribution in [0.25, 0.3) is 0 Å². The lowest BCUT2D eigenvalue weighted by molar-refractivity contribution is -0.132. The number of hydrogen-bond donors (Lipinski definition) is 1. The predicted molar refractivity (Wildman–Crippen MR) is 68.3 cm³/mol. The highest BCUT2D eigenvalue weighted by Gasteiger charge is 2.22. The monoisotopic (exact) mass is 235 g/mol. The standard InChI is InChI=1S/C13H21N3O/c1-10(11-5-7-15-8-6-11)16(4)12(17)9-13(2,3)14/h5-8,10H,9,14H2,1-4H3. The molecule has 0 saturated carbocycles. The predicted octanol–water partition coefficient (Wildman–Crippen LogP) is 1.73. The zero-order valence-corrected chi connectivity index (χ0v) is 11.0. The van der Waals surface area contributed by atoms with Gasteiger partial charge in [-0.05, 0) is 38.5 Å². The SMILES string of the molecule is CC(c1ccncc1)N(C)C(=O)CC(C)(C)N. The molecule has 0 fully saturated rings. The maximum absolute atomic E-state index is 12.0. The van der Waals surface area contributed by atoms with E-state index in [0.29, 0.717) is 6.42 Å². The fourth-order valence-electron chi connectivity index (χ4n) is 1.60. The highest BCUT2D eigenvalue weighted by atomic mass is 16.2. The fourth-order valence-corrected chi connectivity index (χ4v) is 1.60. The molecular formula is C13H21N3O. The van der Waals surface area contributed by atoms with E-state index in [1.165, 1.54) is 0 Å². The van der Waals surface area contributed by atoms with Crippen LogP contribution in [0, 0.1) is 0 Å². The average molecular weight is 235 g/mol. The first kappa shape index (κ1) is 13.6. The third kappa shape index (κ3) is 4.15. The Kier molecular flexibility index (Phi) is 4.23. The lowest BCUT2D eigenvalue weighted by atomic mass is 10.0. The summed E-state index contributed by atoms with van der Waals surface area (Å²) in [5.41, 5.74) is 6.46. The number of carbonyl (C=O) groups is 1. The number of nitrogens with two attached hydrogens (primary N) is 1. The van der Waals surface area contributed by atoms with E-state index >= 15 is 0 Å². The number of carbonyl (C=O) groups excluding carboxylic acids is 1. The highest BCUT2D eigenvalue weighted by Crippen LogP contribution is 2.19. The van der Waals surface area contributed by atoms with Crippen LogP contribution in [0.1, 0.15) is 38.8 Å². The summed E-state index contributed by atoms with van der Waals surface area (Å²) in [7, 11) is 1.80. The molecule has 1 unspecified atom stereocenters. The maximum atomic E-state index is 12.0. The van der Waals surface area contributed by atoms with Crippen molar-refractivity contribution in [1.29, 1.82) is 0 Å². The summed E-state index contributed by atoms with van der Waals surface area (Å²) in [5.74, 6) is 0.0572. The molecule has 1 amide bonds. The molecule has 4 nitrogen and oxygen atoms in total. The summed E-state index contributed by atoms with van der Waals surface area (Å²) in [4.78, 5) is 17.7. The second-order valence-corrected chi connectivity index (χ2v) is 5.13. The van der Waals surface area contributed by atoms with Gasteiger partial charge in [0.25, 0.3) is 0 Å². The second-order valence-electron chi connectivity index (χ2n) is 5.13. The molecule has 1 aromatic heterocycles. The second kappa shape index (κ2) is 5.27. The van der Waals surface area contributed by atoms with Crippen molar-refractivity contribution in [2.24, 2.45) is 5.73 Å². The molecule has 0 radical (unpaired) electrons. The van der Waals surface area contributed by atoms with Gasteiger partial charge in [-0.25, -0.2) is 0 Å². The number of rotatable bonds is 4. The van der Waals surface area contributed by atoms with Gasteiger partial charge in [0.15, 0.2) is 0 Å². The lowest BCUT2D eigenvalue weighted by Crippen LogP contribution is -2.40. The van der Waals surface area contributed by atoms with Crippen molar-refractivity contribution in [2.75, 3.05) is 7.05 Å². The molecule has 4 heteroatoms. The average Bonchev–Trinajstić information content (AvgIpc) is 2.26. The summed E-state index contributed by atoms with van der Waals surface area (Å²) in [5, 5.41) is 0. The van der Waals surface area contributed by atoms with Crippen molar-refractivity contribution < 1.29 is 4.79 Å². The summed E-state index contributed by atoms with van der Waals surface area (Å²) in [6.07, 6.45) is 3.81. The molecule has 0 bridgehead atoms. The Balaban J connectivity index is 2.70. The maximum Gasteiger partial charge on any atom is 0.224 e. The van der Waals surface area contributed by atoms with Gasteiger partial charge in [0, 0.05) is 31.4 Å². The fraction of sp³-hybridized carbons (Fsp3) is 0.538. The molecule has 17 heavy (non-hydrogen) atoms. The van der Waals surface area contributed by atoms with E-state index in [1.807, 2.05) is 32.9 Å². The van der Waals surface area contributed by atoms with Crippen LogP contribution in [-0.4, -0.2) is 28.4 Å². The summed E-state index contributed by atoms with van der Waals surface area (Å²) in [6, 6.07) is 3.87. The van der Waals surface area contributed by atoms with Crippen LogP contribution in [-0.2, 0) is 4.79 Å². The van der Waals surface area contributed by atoms with Crippen molar-refractivity contribution >= 4 is 5.91 Å². The van der Waals surface area contributed by atoms with Gasteiger partial charge in [-0.3, -0.25) is 9.78 Å². The zero-order chi connectivity index (χ0) is 13.1. The number of aromatic nitrogens is 1. The van der Waals surface area contributed by atoms with Gasteiger partial charge in [-0.1, -0.05) is 0 Å². The van der Waals surface area contributed by atoms with Crippen LogP contribution < -0.4 is 5.73 Å². The lowest BCUT2D eigenvalue weighted by Gasteiger charge is -2.28. The van der Waals surface area contributed by atoms with Crippen molar-refractivity contribution in [3.8, 4) is 0 Å². The molecule has 1 aromatic rings. The van der Waals surface area contributed by atoms with Gasteiger partial charge in [-0.15, -0.1) is 0 Å². The zero-order valence-electron chi connectivity index (χ0n) is 11.0. The number of hydrogen-bond acceptors (Lipinski definition) is 3. The van der Waals surface area contributed by atoms with Crippen LogP contribution in [0.4, 0.5) is 0 Å². The summed E-state index contributed by atoms with van der Waals surface area (Å²) in [6.45, 7) is 5.71. The Morgan fingerprint density at radius 3 is 2.47 bits per heavy atom. The minimum Gasteiger partial charge on any atom is -0.339 e. The number of nitrogens with zero attached hydrogens (tertiary/aromatic N) is 2. The van der Waals surface area contributed by atoms with Crippen LogP contribution in [0.3, 0.4) is 0 Å². The van der Waals surface area contributed by atoms with Gasteiger partial charge >= 0.3 is 0 Å². The number of amides is 1. The molecule has 2 N–H and O–H groups in total. The van der Waals surface area contributed by atoms with E-state index in [0.717, 1.165) is 5.56 Å². The largest absolute Gasteiger partial charge is 0.339 e. The Hall–Kier alpha value is -1.42. The quantitative estimate of drug-likeness (QED) is 0.864. The van der Waals surface area contributed by atoms with E-state index in [4.69, 9.17) is 5.73 Å². The van der Waals surface area contributed by atoms with Crippen molar-refractivity contribution in [3.05, 3.63) is 30.1 Å². The van der Waals surface area contributed by atoms with E-state index in [1.54, 1.807) is 24.3 Å². The van der Waals surface area contributed by atoms with E-state index in [2.05, 4.69) is 4.98 Å². The minimum absolute atomic E-state index is 0.0350. The third-order valence-electron chi connectivity index (χ3n) is 2.77. The van der Waals surface area contributed by atoms with Gasteiger partial charge in [0.2, 0.25) is 5.91 Å². The van der Waals surface area contributed by atoms with Crippen molar-refractivity contribution in [1.82, 2.24) is 9.88 Å². The molecule has 0 aliphatic carbocycles. The topological polar surface area (TPSA) is 59.2 Å². The highest BCUT2D eigenvalue weighted by molar-refractivity contribution is 5.77. The van der Waals surface area contributed by atoms with E-state index in [9.17, 15) is 4.79 Å². The van der Waals surface area contributed by atoms with Crippen LogP contribution >= 0.6 is 0 Å². The Morgan fingerprint density at radius 2 is 2.00 bits per heavy atom. The molecule has 94 valence electrons. The Labute approximate surface area is 103 Å². The molecule has 0 aliphatic rings. The first-order valence-electron chi connectivity index (χ1n) is 5.76. The summed E-state index contributed by atoms with van der Waals surface area (Å²) < 4.78 is 0. The van der Waals surface area contributed by atoms with E-state index < -0.39 is 5.54 Å². The Morgan fingerprint density at radius 1 is 1.47 bits per heavy atom. The first-order chi connectivity index (χ1) is 7.81. The molecule has 0 spiro atoms. The van der Waals surface area contributed by atoms with Crippen molar-refractivity contribution in [2.45, 2.75) is 38.8 Å². The van der Waals surface area contributed by atoms with Gasteiger partial charge in [0.1, 0.15) is 0 Å². The molecule has 1 rings (SSSR count). The van der Waals surface area contributed by atoms with Crippen molar-refractivity contribution in [3.63, 3.8) is 0 Å². The van der Waals surface area contributed by atoms with Gasteiger partial charge in [0.05, 0.1) is 6.04 Å². The Bertz CT molecular complexity index is 370. The molecular weight excluding hydrogens is 214 g/mol. The molecule has 1 atom stereocenters. The van der Waals surface area contributed by atoms with Crippen LogP contribution in [0.5, 0.6) is 0 Å². The molecule has 0 aromatic carbocycles. The van der Waals surface area contributed by atoms with Crippen LogP contribution in [0.2, 0.25) is 0 Å².